The monoisotopic (exact) mass is 180 g/mol. The molecule has 0 spiro atoms. The summed E-state index contributed by atoms with van der Waals surface area (Å²) >= 11 is 0. The molecule has 13 heavy (non-hydrogen) atoms. The van der Waals surface area contributed by atoms with Gasteiger partial charge in [0.15, 0.2) is 0 Å². The molecule has 1 saturated carbocycles. The molecule has 0 amide bonds. The largest absolute Gasteiger partial charge is 0.469 e. The zero-order valence-electron chi connectivity index (χ0n) is 7.99. The van der Waals surface area contributed by atoms with Crippen LogP contribution in [0, 0.1) is 6.92 Å². The second kappa shape index (κ2) is 3.54. The molecule has 1 N–H and O–H groups in total. The van der Waals surface area contributed by atoms with Gasteiger partial charge in [-0.15, -0.1) is 0 Å². The van der Waals surface area contributed by atoms with E-state index in [0.29, 0.717) is 5.92 Å². The minimum atomic E-state index is -0.161. The van der Waals surface area contributed by atoms with Crippen molar-refractivity contribution in [3.05, 3.63) is 23.7 Å². The van der Waals surface area contributed by atoms with Crippen molar-refractivity contribution in [3.8, 4) is 0 Å². The quantitative estimate of drug-likeness (QED) is 0.720. The van der Waals surface area contributed by atoms with Crippen molar-refractivity contribution in [1.82, 2.24) is 0 Å². The van der Waals surface area contributed by atoms with Gasteiger partial charge >= 0.3 is 0 Å². The molecule has 2 nitrogen and oxygen atoms in total. The molecule has 1 aromatic rings. The molecule has 2 heteroatoms. The van der Waals surface area contributed by atoms with Crippen LogP contribution in [0.5, 0.6) is 0 Å². The van der Waals surface area contributed by atoms with E-state index in [-0.39, 0.29) is 6.10 Å². The Kier molecular flexibility index (Phi) is 2.40. The number of furan rings is 1. The summed E-state index contributed by atoms with van der Waals surface area (Å²) in [4.78, 5) is 0. The second-order valence-electron chi connectivity index (χ2n) is 3.95. The summed E-state index contributed by atoms with van der Waals surface area (Å²) in [7, 11) is 0. The van der Waals surface area contributed by atoms with Gasteiger partial charge < -0.3 is 9.52 Å². The smallest absolute Gasteiger partial charge is 0.100 e. The highest BCUT2D eigenvalue weighted by Crippen LogP contribution is 2.33. The van der Waals surface area contributed by atoms with Crippen LogP contribution in [0.1, 0.15) is 42.9 Å². The van der Waals surface area contributed by atoms with Crippen LogP contribution in [0.3, 0.4) is 0 Å². The maximum Gasteiger partial charge on any atom is 0.100 e. The number of aliphatic hydroxyl groups excluding tert-OH is 1. The molecule has 1 aliphatic rings. The van der Waals surface area contributed by atoms with E-state index in [1.54, 1.807) is 6.26 Å². The van der Waals surface area contributed by atoms with Crippen LogP contribution in [0.25, 0.3) is 0 Å². The first-order chi connectivity index (χ1) is 6.27. The Hall–Kier alpha value is -0.760. The lowest BCUT2D eigenvalue weighted by atomic mass is 9.83. The van der Waals surface area contributed by atoms with E-state index in [0.717, 1.165) is 25.0 Å². The van der Waals surface area contributed by atoms with Crippen molar-refractivity contribution in [2.75, 3.05) is 0 Å². The highest BCUT2D eigenvalue weighted by atomic mass is 16.3. The van der Waals surface area contributed by atoms with Gasteiger partial charge in [-0.1, -0.05) is 12.8 Å². The van der Waals surface area contributed by atoms with E-state index in [1.165, 1.54) is 12.0 Å². The Balaban J connectivity index is 2.14. The number of aliphatic hydroxyl groups is 1. The third kappa shape index (κ3) is 1.78. The molecule has 1 aliphatic carbocycles. The van der Waals surface area contributed by atoms with Gasteiger partial charge in [0.1, 0.15) is 5.76 Å². The van der Waals surface area contributed by atoms with Crippen LogP contribution in [0.4, 0.5) is 0 Å². The fourth-order valence-electron chi connectivity index (χ4n) is 2.16. The minimum absolute atomic E-state index is 0.161. The third-order valence-electron chi connectivity index (χ3n) is 2.91. The van der Waals surface area contributed by atoms with Crippen LogP contribution in [0.2, 0.25) is 0 Å². The summed E-state index contributed by atoms with van der Waals surface area (Å²) in [5.74, 6) is 1.25. The van der Waals surface area contributed by atoms with Gasteiger partial charge in [-0.05, 0) is 31.4 Å². The highest BCUT2D eigenvalue weighted by Gasteiger charge is 2.25. The zero-order chi connectivity index (χ0) is 9.26. The zero-order valence-corrected chi connectivity index (χ0v) is 7.99. The fourth-order valence-corrected chi connectivity index (χ4v) is 2.16. The lowest BCUT2D eigenvalue weighted by Crippen LogP contribution is -2.21. The standard InChI is InChI=1S/C11H16O2/c1-8-6-9(7-13-8)10-4-2-3-5-11(10)12/h6-7,10-12H,2-5H2,1H3. The molecular formula is C11H16O2. The Morgan fingerprint density at radius 3 is 2.77 bits per heavy atom. The molecule has 0 saturated heterocycles. The van der Waals surface area contributed by atoms with Gasteiger partial charge in [0.05, 0.1) is 12.4 Å². The molecule has 2 atom stereocenters. The Morgan fingerprint density at radius 1 is 1.38 bits per heavy atom. The minimum Gasteiger partial charge on any atom is -0.469 e. The lowest BCUT2D eigenvalue weighted by Gasteiger charge is -2.26. The van der Waals surface area contributed by atoms with Crippen LogP contribution in [-0.2, 0) is 0 Å². The summed E-state index contributed by atoms with van der Waals surface area (Å²) in [6.45, 7) is 1.94. The first-order valence-electron chi connectivity index (χ1n) is 5.00. The fraction of sp³-hybridized carbons (Fsp3) is 0.636. The Morgan fingerprint density at radius 2 is 2.15 bits per heavy atom. The molecule has 72 valence electrons. The van der Waals surface area contributed by atoms with Gasteiger partial charge in [0.25, 0.3) is 0 Å². The number of rotatable bonds is 1. The normalized spacial score (nSPS) is 29.1. The molecular weight excluding hydrogens is 164 g/mol. The van der Waals surface area contributed by atoms with Gasteiger partial charge in [-0.25, -0.2) is 0 Å². The molecule has 1 heterocycles. The van der Waals surface area contributed by atoms with Crippen molar-refractivity contribution in [2.45, 2.75) is 44.6 Å². The first-order valence-corrected chi connectivity index (χ1v) is 5.00. The summed E-state index contributed by atoms with van der Waals surface area (Å²) in [6.07, 6.45) is 6.05. The van der Waals surface area contributed by atoms with Crippen LogP contribution < -0.4 is 0 Å². The van der Waals surface area contributed by atoms with Gasteiger partial charge in [0.2, 0.25) is 0 Å². The highest BCUT2D eigenvalue weighted by molar-refractivity contribution is 5.19. The van der Waals surface area contributed by atoms with Crippen molar-refractivity contribution >= 4 is 0 Å². The number of hydrogen-bond acceptors (Lipinski definition) is 2. The van der Waals surface area contributed by atoms with E-state index >= 15 is 0 Å². The van der Waals surface area contributed by atoms with Crippen molar-refractivity contribution in [2.24, 2.45) is 0 Å². The Bertz CT molecular complexity index is 277. The molecule has 0 aromatic carbocycles. The van der Waals surface area contributed by atoms with E-state index in [9.17, 15) is 5.11 Å². The molecule has 0 radical (unpaired) electrons. The lowest BCUT2D eigenvalue weighted by molar-refractivity contribution is 0.106. The van der Waals surface area contributed by atoms with E-state index in [1.807, 2.05) is 13.0 Å². The summed E-state index contributed by atoms with van der Waals surface area (Å²) < 4.78 is 5.25. The van der Waals surface area contributed by atoms with Gasteiger partial charge in [-0.3, -0.25) is 0 Å². The SMILES string of the molecule is Cc1cc(C2CCCCC2O)co1. The van der Waals surface area contributed by atoms with E-state index < -0.39 is 0 Å². The van der Waals surface area contributed by atoms with Crippen LogP contribution in [-0.4, -0.2) is 11.2 Å². The predicted molar refractivity (Wildman–Crippen MR) is 50.7 cm³/mol. The van der Waals surface area contributed by atoms with Gasteiger partial charge in [0, 0.05) is 5.92 Å². The molecule has 1 aromatic heterocycles. The topological polar surface area (TPSA) is 33.4 Å². The summed E-state index contributed by atoms with van der Waals surface area (Å²) in [6, 6.07) is 2.04. The molecule has 2 unspecified atom stereocenters. The molecule has 2 rings (SSSR count). The molecule has 1 fully saturated rings. The van der Waals surface area contributed by atoms with E-state index in [2.05, 4.69) is 0 Å². The Labute approximate surface area is 78.6 Å². The average molecular weight is 180 g/mol. The molecule has 0 bridgehead atoms. The van der Waals surface area contributed by atoms with Crippen LogP contribution in [0.15, 0.2) is 16.7 Å². The second-order valence-corrected chi connectivity index (χ2v) is 3.95. The predicted octanol–water partition coefficient (Wildman–Crippen LogP) is 2.61. The number of aryl methyl sites for hydroxylation is 1. The first kappa shape index (κ1) is 8.82. The summed E-state index contributed by atoms with van der Waals surface area (Å²) in [5.41, 5.74) is 1.17. The van der Waals surface area contributed by atoms with Gasteiger partial charge in [-0.2, -0.15) is 0 Å². The molecule has 0 aliphatic heterocycles. The maximum atomic E-state index is 9.79. The maximum absolute atomic E-state index is 9.79. The van der Waals surface area contributed by atoms with Crippen molar-refractivity contribution < 1.29 is 9.52 Å². The van der Waals surface area contributed by atoms with E-state index in [4.69, 9.17) is 4.42 Å². The van der Waals surface area contributed by atoms with Crippen molar-refractivity contribution in [1.29, 1.82) is 0 Å². The van der Waals surface area contributed by atoms with Crippen molar-refractivity contribution in [3.63, 3.8) is 0 Å². The van der Waals surface area contributed by atoms with Crippen LogP contribution >= 0.6 is 0 Å². The number of hydrogen-bond donors (Lipinski definition) is 1. The summed E-state index contributed by atoms with van der Waals surface area (Å²) in [5, 5.41) is 9.79. The average Bonchev–Trinajstić information content (AvgIpc) is 2.53. The third-order valence-corrected chi connectivity index (χ3v) is 2.91.